The summed E-state index contributed by atoms with van der Waals surface area (Å²) in [5, 5.41) is 0. The van der Waals surface area contributed by atoms with Crippen LogP contribution in [0.4, 0.5) is 13.2 Å². The smallest absolute Gasteiger partial charge is 0.372 e. The monoisotopic (exact) mass is 324 g/mol. The largest absolute Gasteiger partial charge is 0.411 e. The molecule has 0 spiro atoms. The lowest BCUT2D eigenvalue weighted by Crippen LogP contribution is -2.17. The summed E-state index contributed by atoms with van der Waals surface area (Å²) in [6.45, 7) is 2.90. The fourth-order valence-corrected chi connectivity index (χ4v) is 2.41. The zero-order valence-electron chi connectivity index (χ0n) is 10.4. The van der Waals surface area contributed by atoms with Crippen LogP contribution in [0.1, 0.15) is 27.9 Å². The molecule has 0 aliphatic carbocycles. The van der Waals surface area contributed by atoms with Crippen molar-refractivity contribution in [3.63, 3.8) is 0 Å². The van der Waals surface area contributed by atoms with E-state index in [0.717, 1.165) is 11.1 Å². The molecule has 5 heteroatoms. The van der Waals surface area contributed by atoms with Crippen LogP contribution in [0.25, 0.3) is 0 Å². The van der Waals surface area contributed by atoms with E-state index in [4.69, 9.17) is 0 Å². The molecule has 0 saturated carbocycles. The quantitative estimate of drug-likeness (QED) is 0.563. The summed E-state index contributed by atoms with van der Waals surface area (Å²) in [6, 6.07) is 6.04. The number of ether oxygens (including phenoxy) is 1. The molecule has 18 heavy (non-hydrogen) atoms. The number of hydrogen-bond donors (Lipinski definition) is 0. The van der Waals surface area contributed by atoms with Gasteiger partial charge in [0, 0.05) is 11.4 Å². The highest BCUT2D eigenvalue weighted by Crippen LogP contribution is 2.29. The lowest BCUT2D eigenvalue weighted by molar-refractivity contribution is -0.174. The molecule has 0 amide bonds. The van der Waals surface area contributed by atoms with Gasteiger partial charge in [-0.3, -0.25) is 0 Å². The molecular formula is C13H16BrF3O. The first-order valence-corrected chi connectivity index (χ1v) is 6.57. The normalized spacial score (nSPS) is 13.7. The van der Waals surface area contributed by atoms with E-state index in [-0.39, 0.29) is 11.4 Å². The van der Waals surface area contributed by atoms with Crippen LogP contribution in [-0.4, -0.2) is 19.4 Å². The van der Waals surface area contributed by atoms with Gasteiger partial charge in [0.1, 0.15) is 6.61 Å². The maximum Gasteiger partial charge on any atom is 0.411 e. The van der Waals surface area contributed by atoms with Gasteiger partial charge in [-0.25, -0.2) is 0 Å². The van der Waals surface area contributed by atoms with Crippen LogP contribution in [0.15, 0.2) is 18.2 Å². The van der Waals surface area contributed by atoms with Crippen LogP contribution in [0.5, 0.6) is 0 Å². The van der Waals surface area contributed by atoms with E-state index in [2.05, 4.69) is 26.7 Å². The van der Waals surface area contributed by atoms with Gasteiger partial charge < -0.3 is 4.74 Å². The van der Waals surface area contributed by atoms with Gasteiger partial charge in [0.25, 0.3) is 0 Å². The molecule has 0 aromatic heterocycles. The van der Waals surface area contributed by atoms with Crippen LogP contribution in [0, 0.1) is 13.8 Å². The first-order valence-electron chi connectivity index (χ1n) is 5.65. The maximum atomic E-state index is 11.9. The Labute approximate surface area is 113 Å². The van der Waals surface area contributed by atoms with Crippen molar-refractivity contribution in [2.45, 2.75) is 31.3 Å². The number of alkyl halides is 4. The molecule has 1 unspecified atom stereocenters. The molecule has 0 fully saturated rings. The molecule has 0 radical (unpaired) electrons. The standard InChI is InChI=1S/C13H16BrF3O/c1-9-3-4-11(10(2)7-9)12(14)5-6-18-8-13(15,16)17/h3-4,7,12H,5-6,8H2,1-2H3. The fourth-order valence-electron chi connectivity index (χ4n) is 1.71. The molecule has 0 aliphatic heterocycles. The van der Waals surface area contributed by atoms with Gasteiger partial charge in [-0.1, -0.05) is 39.7 Å². The SMILES string of the molecule is Cc1ccc(C(Br)CCOCC(F)(F)F)c(C)c1. The zero-order chi connectivity index (χ0) is 13.8. The Balaban J connectivity index is 2.43. The number of rotatable bonds is 5. The van der Waals surface area contributed by atoms with E-state index >= 15 is 0 Å². The molecule has 0 aliphatic rings. The van der Waals surface area contributed by atoms with Crippen molar-refractivity contribution in [2.24, 2.45) is 0 Å². The number of halogens is 4. The Morgan fingerprint density at radius 1 is 1.28 bits per heavy atom. The summed E-state index contributed by atoms with van der Waals surface area (Å²) >= 11 is 3.48. The Kier molecular flexibility index (Phi) is 5.66. The average Bonchev–Trinajstić information content (AvgIpc) is 2.22. The van der Waals surface area contributed by atoms with Crippen molar-refractivity contribution in [1.82, 2.24) is 0 Å². The fraction of sp³-hybridized carbons (Fsp3) is 0.538. The highest BCUT2D eigenvalue weighted by Gasteiger charge is 2.27. The Bertz CT molecular complexity index is 390. The minimum atomic E-state index is -4.25. The van der Waals surface area contributed by atoms with E-state index < -0.39 is 12.8 Å². The second kappa shape index (κ2) is 6.57. The van der Waals surface area contributed by atoms with Gasteiger partial charge in [-0.2, -0.15) is 13.2 Å². The van der Waals surface area contributed by atoms with Gasteiger partial charge in [0.2, 0.25) is 0 Å². The molecule has 0 bridgehead atoms. The van der Waals surface area contributed by atoms with Crippen LogP contribution in [0.2, 0.25) is 0 Å². The Hall–Kier alpha value is -0.550. The van der Waals surface area contributed by atoms with Gasteiger partial charge >= 0.3 is 6.18 Å². The maximum absolute atomic E-state index is 11.9. The minimum absolute atomic E-state index is 0.0198. The third-order valence-corrected chi connectivity index (χ3v) is 3.50. The first kappa shape index (κ1) is 15.5. The molecule has 1 aromatic rings. The van der Waals surface area contributed by atoms with Crippen molar-refractivity contribution in [3.05, 3.63) is 34.9 Å². The third-order valence-electron chi connectivity index (χ3n) is 2.54. The van der Waals surface area contributed by atoms with Crippen molar-refractivity contribution < 1.29 is 17.9 Å². The minimum Gasteiger partial charge on any atom is -0.372 e. The molecule has 102 valence electrons. The molecular weight excluding hydrogens is 309 g/mol. The topological polar surface area (TPSA) is 9.23 Å². The molecule has 0 N–H and O–H groups in total. The van der Waals surface area contributed by atoms with Gasteiger partial charge in [0.15, 0.2) is 0 Å². The highest BCUT2D eigenvalue weighted by atomic mass is 79.9. The van der Waals surface area contributed by atoms with Gasteiger partial charge in [0.05, 0.1) is 0 Å². The van der Waals surface area contributed by atoms with Crippen LogP contribution in [-0.2, 0) is 4.74 Å². The summed E-state index contributed by atoms with van der Waals surface area (Å²) in [6.07, 6.45) is -3.73. The summed E-state index contributed by atoms with van der Waals surface area (Å²) < 4.78 is 40.2. The molecule has 1 nitrogen and oxygen atoms in total. The lowest BCUT2D eigenvalue weighted by atomic mass is 10.0. The number of hydrogen-bond acceptors (Lipinski definition) is 1. The zero-order valence-corrected chi connectivity index (χ0v) is 11.9. The van der Waals surface area contributed by atoms with Crippen LogP contribution in [0.3, 0.4) is 0 Å². The summed E-state index contributed by atoms with van der Waals surface area (Å²) in [4.78, 5) is 0.0198. The first-order chi connectivity index (χ1) is 8.29. The Morgan fingerprint density at radius 3 is 2.50 bits per heavy atom. The van der Waals surface area contributed by atoms with Crippen molar-refractivity contribution in [1.29, 1.82) is 0 Å². The Morgan fingerprint density at radius 2 is 1.94 bits per heavy atom. The molecule has 1 atom stereocenters. The molecule has 0 saturated heterocycles. The second-order valence-corrected chi connectivity index (χ2v) is 5.39. The molecule has 0 heterocycles. The predicted octanol–water partition coefficient (Wildman–Crippen LogP) is 4.71. The number of aryl methyl sites for hydroxylation is 2. The third kappa shape index (κ3) is 5.40. The highest BCUT2D eigenvalue weighted by molar-refractivity contribution is 9.09. The summed E-state index contributed by atoms with van der Waals surface area (Å²) in [7, 11) is 0. The van der Waals surface area contributed by atoms with E-state index in [1.54, 1.807) is 0 Å². The van der Waals surface area contributed by atoms with E-state index in [0.29, 0.717) is 6.42 Å². The molecule has 1 aromatic carbocycles. The average molecular weight is 325 g/mol. The van der Waals surface area contributed by atoms with E-state index in [9.17, 15) is 13.2 Å². The van der Waals surface area contributed by atoms with Gasteiger partial charge in [-0.15, -0.1) is 0 Å². The summed E-state index contributed by atoms with van der Waals surface area (Å²) in [5.74, 6) is 0. The van der Waals surface area contributed by atoms with Crippen molar-refractivity contribution >= 4 is 15.9 Å². The number of benzene rings is 1. The molecule has 1 rings (SSSR count). The predicted molar refractivity (Wildman–Crippen MR) is 69.1 cm³/mol. The second-order valence-electron chi connectivity index (χ2n) is 4.28. The van der Waals surface area contributed by atoms with Crippen LogP contribution < -0.4 is 0 Å². The lowest BCUT2D eigenvalue weighted by Gasteiger charge is -2.14. The van der Waals surface area contributed by atoms with Crippen molar-refractivity contribution in [2.75, 3.05) is 13.2 Å². The van der Waals surface area contributed by atoms with E-state index in [1.807, 2.05) is 26.0 Å². The van der Waals surface area contributed by atoms with E-state index in [1.165, 1.54) is 5.56 Å². The van der Waals surface area contributed by atoms with Crippen LogP contribution >= 0.6 is 15.9 Å². The van der Waals surface area contributed by atoms with Crippen molar-refractivity contribution in [3.8, 4) is 0 Å². The van der Waals surface area contributed by atoms with Gasteiger partial charge in [-0.05, 0) is 31.4 Å². The summed E-state index contributed by atoms with van der Waals surface area (Å²) in [5.41, 5.74) is 3.40.